The van der Waals surface area contributed by atoms with Gasteiger partial charge in [-0.2, -0.15) is 0 Å². The van der Waals surface area contributed by atoms with E-state index in [-0.39, 0.29) is 11.9 Å². The van der Waals surface area contributed by atoms with Gasteiger partial charge in [-0.1, -0.05) is 11.6 Å². The number of carbonyl (C=O) groups excluding carboxylic acids is 1. The molecule has 98 valence electrons. The molecule has 1 aliphatic carbocycles. The molecule has 0 radical (unpaired) electrons. The summed E-state index contributed by atoms with van der Waals surface area (Å²) in [4.78, 5) is 18.6. The highest BCUT2D eigenvalue weighted by Gasteiger charge is 2.23. The third-order valence-corrected chi connectivity index (χ3v) is 3.75. The molecule has 0 spiro atoms. The molecule has 0 atom stereocenters. The van der Waals surface area contributed by atoms with Gasteiger partial charge < -0.3 is 4.90 Å². The summed E-state index contributed by atoms with van der Waals surface area (Å²) in [7, 11) is 0. The number of rotatable bonds is 3. The van der Waals surface area contributed by atoms with Crippen LogP contribution in [0.15, 0.2) is 6.07 Å². The number of aromatic nitrogens is 1. The van der Waals surface area contributed by atoms with Crippen LogP contribution in [0.3, 0.4) is 0 Å². The van der Waals surface area contributed by atoms with Crippen LogP contribution in [0, 0.1) is 0 Å². The van der Waals surface area contributed by atoms with Crippen LogP contribution >= 0.6 is 11.6 Å². The highest BCUT2D eigenvalue weighted by Crippen LogP contribution is 2.26. The van der Waals surface area contributed by atoms with Crippen molar-refractivity contribution < 1.29 is 4.79 Å². The van der Waals surface area contributed by atoms with Crippen molar-refractivity contribution >= 4 is 17.5 Å². The van der Waals surface area contributed by atoms with Crippen molar-refractivity contribution in [1.82, 2.24) is 9.88 Å². The molecule has 1 amide bonds. The standard InChI is InChI=1S/C14H19ClN2O/c1-4-17(9(2)3)14(18)11-8-10-6-5-7-12(10)16-13(11)15/h8-9H,4-7H2,1-3H3. The number of fused-ring (bicyclic) bond motifs is 1. The number of halogens is 1. The van der Waals surface area contributed by atoms with Crippen LogP contribution < -0.4 is 0 Å². The Morgan fingerprint density at radius 3 is 2.83 bits per heavy atom. The van der Waals surface area contributed by atoms with Crippen molar-refractivity contribution in [3.05, 3.63) is 28.0 Å². The minimum Gasteiger partial charge on any atom is -0.336 e. The minimum atomic E-state index is -0.0142. The van der Waals surface area contributed by atoms with Crippen molar-refractivity contribution in [2.45, 2.75) is 46.1 Å². The number of nitrogens with zero attached hydrogens (tertiary/aromatic N) is 2. The van der Waals surface area contributed by atoms with Gasteiger partial charge >= 0.3 is 0 Å². The Morgan fingerprint density at radius 2 is 2.22 bits per heavy atom. The first kappa shape index (κ1) is 13.3. The molecule has 1 aromatic rings. The average Bonchev–Trinajstić information content (AvgIpc) is 2.75. The van der Waals surface area contributed by atoms with Crippen molar-refractivity contribution in [3.8, 4) is 0 Å². The molecule has 1 heterocycles. The Hall–Kier alpha value is -1.09. The summed E-state index contributed by atoms with van der Waals surface area (Å²) in [6.45, 7) is 6.68. The summed E-state index contributed by atoms with van der Waals surface area (Å²) in [5.74, 6) is -0.0142. The molecule has 0 saturated heterocycles. The maximum atomic E-state index is 12.4. The Bertz CT molecular complexity index is 471. The van der Waals surface area contributed by atoms with Gasteiger partial charge in [0.05, 0.1) is 5.56 Å². The second kappa shape index (κ2) is 5.27. The third kappa shape index (κ3) is 2.37. The SMILES string of the molecule is CCN(C(=O)c1cc2c(nc1Cl)CCC2)C(C)C. The first-order chi connectivity index (χ1) is 8.54. The van der Waals surface area contributed by atoms with E-state index in [0.29, 0.717) is 17.3 Å². The van der Waals surface area contributed by atoms with Gasteiger partial charge in [-0.05, 0) is 51.7 Å². The summed E-state index contributed by atoms with van der Waals surface area (Å²) in [6, 6.07) is 2.11. The lowest BCUT2D eigenvalue weighted by molar-refractivity contribution is 0.0716. The maximum absolute atomic E-state index is 12.4. The van der Waals surface area contributed by atoms with Crippen molar-refractivity contribution in [2.75, 3.05) is 6.54 Å². The molecule has 0 aromatic carbocycles. The number of amides is 1. The summed E-state index contributed by atoms with van der Waals surface area (Å²) in [5.41, 5.74) is 2.79. The number of hydrogen-bond donors (Lipinski definition) is 0. The van der Waals surface area contributed by atoms with Gasteiger partial charge in [-0.3, -0.25) is 4.79 Å². The maximum Gasteiger partial charge on any atom is 0.257 e. The predicted molar refractivity (Wildman–Crippen MR) is 73.1 cm³/mol. The molecule has 0 N–H and O–H groups in total. The van der Waals surface area contributed by atoms with Crippen LogP contribution in [0.25, 0.3) is 0 Å². The summed E-state index contributed by atoms with van der Waals surface area (Å²) in [5, 5.41) is 0.347. The van der Waals surface area contributed by atoms with Crippen LogP contribution in [0.2, 0.25) is 5.15 Å². The lowest BCUT2D eigenvalue weighted by Crippen LogP contribution is -2.37. The van der Waals surface area contributed by atoms with Gasteiger partial charge in [0.1, 0.15) is 5.15 Å². The molecule has 4 heteroatoms. The van der Waals surface area contributed by atoms with Gasteiger partial charge in [0, 0.05) is 18.3 Å². The van der Waals surface area contributed by atoms with E-state index in [1.165, 1.54) is 5.56 Å². The topological polar surface area (TPSA) is 33.2 Å². The molecule has 0 bridgehead atoms. The first-order valence-electron chi connectivity index (χ1n) is 6.53. The molecule has 0 aliphatic heterocycles. The lowest BCUT2D eigenvalue weighted by Gasteiger charge is -2.25. The number of aryl methyl sites for hydroxylation is 2. The number of hydrogen-bond acceptors (Lipinski definition) is 2. The van der Waals surface area contributed by atoms with Gasteiger partial charge in [-0.25, -0.2) is 4.98 Å². The Balaban J connectivity index is 2.36. The molecular formula is C14H19ClN2O. The molecular weight excluding hydrogens is 248 g/mol. The van der Waals surface area contributed by atoms with E-state index in [4.69, 9.17) is 11.6 Å². The van der Waals surface area contributed by atoms with E-state index < -0.39 is 0 Å². The van der Waals surface area contributed by atoms with Gasteiger partial charge in [0.25, 0.3) is 5.91 Å². The van der Waals surface area contributed by atoms with E-state index in [0.717, 1.165) is 25.0 Å². The molecule has 1 aliphatic rings. The van der Waals surface area contributed by atoms with Crippen LogP contribution in [-0.4, -0.2) is 28.4 Å². The first-order valence-corrected chi connectivity index (χ1v) is 6.91. The zero-order valence-electron chi connectivity index (χ0n) is 11.2. The fourth-order valence-corrected chi connectivity index (χ4v) is 2.73. The molecule has 3 nitrogen and oxygen atoms in total. The molecule has 0 unspecified atom stereocenters. The van der Waals surface area contributed by atoms with Crippen molar-refractivity contribution in [3.63, 3.8) is 0 Å². The van der Waals surface area contributed by atoms with Crippen LogP contribution in [0.5, 0.6) is 0 Å². The summed E-state index contributed by atoms with van der Waals surface area (Å²) >= 11 is 6.15. The monoisotopic (exact) mass is 266 g/mol. The van der Waals surface area contributed by atoms with Crippen molar-refractivity contribution in [2.24, 2.45) is 0 Å². The van der Waals surface area contributed by atoms with Crippen LogP contribution in [-0.2, 0) is 12.8 Å². The zero-order valence-corrected chi connectivity index (χ0v) is 11.9. The Kier molecular flexibility index (Phi) is 3.91. The largest absolute Gasteiger partial charge is 0.336 e. The number of pyridine rings is 1. The molecule has 2 rings (SSSR count). The van der Waals surface area contributed by atoms with E-state index >= 15 is 0 Å². The summed E-state index contributed by atoms with van der Waals surface area (Å²) < 4.78 is 0. The number of carbonyl (C=O) groups is 1. The molecule has 0 saturated carbocycles. The van der Waals surface area contributed by atoms with E-state index in [2.05, 4.69) is 4.98 Å². The quantitative estimate of drug-likeness (QED) is 0.788. The van der Waals surface area contributed by atoms with Gasteiger partial charge in [-0.15, -0.1) is 0 Å². The normalized spacial score (nSPS) is 13.8. The third-order valence-electron chi connectivity index (χ3n) is 3.46. The zero-order chi connectivity index (χ0) is 13.3. The highest BCUT2D eigenvalue weighted by molar-refractivity contribution is 6.32. The lowest BCUT2D eigenvalue weighted by atomic mass is 10.1. The highest BCUT2D eigenvalue weighted by atomic mass is 35.5. The minimum absolute atomic E-state index is 0.0142. The average molecular weight is 267 g/mol. The fraction of sp³-hybridized carbons (Fsp3) is 0.571. The fourth-order valence-electron chi connectivity index (χ4n) is 2.49. The molecule has 18 heavy (non-hydrogen) atoms. The van der Waals surface area contributed by atoms with Gasteiger partial charge in [0.15, 0.2) is 0 Å². The van der Waals surface area contributed by atoms with E-state index in [9.17, 15) is 4.79 Å². The second-order valence-corrected chi connectivity index (χ2v) is 5.33. The van der Waals surface area contributed by atoms with E-state index in [1.54, 1.807) is 0 Å². The van der Waals surface area contributed by atoms with E-state index in [1.807, 2.05) is 31.7 Å². The smallest absolute Gasteiger partial charge is 0.257 e. The summed E-state index contributed by atoms with van der Waals surface area (Å²) in [6.07, 6.45) is 3.09. The van der Waals surface area contributed by atoms with Gasteiger partial charge in [0.2, 0.25) is 0 Å². The molecule has 1 aromatic heterocycles. The second-order valence-electron chi connectivity index (χ2n) is 4.97. The van der Waals surface area contributed by atoms with Crippen LogP contribution in [0.1, 0.15) is 48.8 Å². The Labute approximate surface area is 113 Å². The molecule has 0 fully saturated rings. The predicted octanol–water partition coefficient (Wildman–Crippen LogP) is 3.09. The van der Waals surface area contributed by atoms with Crippen LogP contribution in [0.4, 0.5) is 0 Å². The van der Waals surface area contributed by atoms with Crippen molar-refractivity contribution in [1.29, 1.82) is 0 Å². The Morgan fingerprint density at radius 1 is 1.50 bits per heavy atom.